The highest BCUT2D eigenvalue weighted by molar-refractivity contribution is 5.86. The quantitative estimate of drug-likeness (QED) is 0.611. The van der Waals surface area contributed by atoms with Gasteiger partial charge in [-0.25, -0.2) is 4.79 Å². The summed E-state index contributed by atoms with van der Waals surface area (Å²) in [6.45, 7) is 3.82. The average molecular weight is 210 g/mol. The predicted octanol–water partition coefficient (Wildman–Crippen LogP) is 0.209. The molecular weight excluding hydrogens is 196 g/mol. The molecule has 4 unspecified atom stereocenters. The first-order valence-electron chi connectivity index (χ1n) is 5.73. The number of rotatable bonds is 2. The Morgan fingerprint density at radius 2 is 2.07 bits per heavy atom. The molecule has 5 fully saturated rings. The fraction of sp³-hybridized carbons (Fsp3) is 0.909. The van der Waals surface area contributed by atoms with Crippen LogP contribution in [0.25, 0.3) is 0 Å². The molecule has 4 atom stereocenters. The van der Waals surface area contributed by atoms with Crippen LogP contribution in [0.3, 0.4) is 0 Å². The number of hydrogen-bond donors (Lipinski definition) is 0. The molecule has 0 aromatic rings. The van der Waals surface area contributed by atoms with Gasteiger partial charge in [0.05, 0.1) is 25.9 Å². The monoisotopic (exact) mass is 210 g/mol. The van der Waals surface area contributed by atoms with E-state index >= 15 is 0 Å². The minimum Gasteiger partial charge on any atom is -0.464 e. The van der Waals surface area contributed by atoms with Gasteiger partial charge in [0, 0.05) is 23.7 Å². The highest BCUT2D eigenvalue weighted by atomic mass is 16.6. The Hall–Kier alpha value is -0.610. The average Bonchev–Trinajstić information content (AvgIpc) is 2.50. The second-order valence-electron chi connectivity index (χ2n) is 5.01. The van der Waals surface area contributed by atoms with Crippen molar-refractivity contribution >= 4 is 5.97 Å². The SMILES string of the molecule is CCOC(=O)C12OC3C4COCC3C1C42. The number of hydrogen-bond acceptors (Lipinski definition) is 4. The first-order valence-corrected chi connectivity index (χ1v) is 5.73. The van der Waals surface area contributed by atoms with Gasteiger partial charge in [0.15, 0.2) is 5.60 Å². The van der Waals surface area contributed by atoms with E-state index in [1.54, 1.807) is 0 Å². The maximum Gasteiger partial charge on any atom is 0.339 e. The summed E-state index contributed by atoms with van der Waals surface area (Å²) in [5, 5.41) is 0. The van der Waals surface area contributed by atoms with Gasteiger partial charge in [0.1, 0.15) is 0 Å². The Balaban J connectivity index is 1.67. The van der Waals surface area contributed by atoms with Gasteiger partial charge in [0.25, 0.3) is 0 Å². The Morgan fingerprint density at radius 1 is 1.40 bits per heavy atom. The maximum atomic E-state index is 11.9. The Kier molecular flexibility index (Phi) is 1.35. The van der Waals surface area contributed by atoms with E-state index in [0.29, 0.717) is 30.3 Å². The van der Waals surface area contributed by atoms with Gasteiger partial charge in [-0.05, 0) is 6.92 Å². The van der Waals surface area contributed by atoms with E-state index in [9.17, 15) is 4.79 Å². The lowest BCUT2D eigenvalue weighted by Crippen LogP contribution is -2.32. The zero-order chi connectivity index (χ0) is 10.2. The molecule has 5 rings (SSSR count). The molecule has 5 aliphatic rings. The van der Waals surface area contributed by atoms with Crippen molar-refractivity contribution in [1.82, 2.24) is 0 Å². The summed E-state index contributed by atoms with van der Waals surface area (Å²) >= 11 is 0. The van der Waals surface area contributed by atoms with E-state index in [0.717, 1.165) is 13.2 Å². The molecule has 0 radical (unpaired) electrons. The maximum absolute atomic E-state index is 11.9. The van der Waals surface area contributed by atoms with Crippen LogP contribution in [-0.2, 0) is 19.0 Å². The Morgan fingerprint density at radius 3 is 2.60 bits per heavy atom. The summed E-state index contributed by atoms with van der Waals surface area (Å²) in [5.41, 5.74) is -0.542. The van der Waals surface area contributed by atoms with Crippen molar-refractivity contribution in [3.8, 4) is 0 Å². The summed E-state index contributed by atoms with van der Waals surface area (Å²) in [4.78, 5) is 11.9. The molecule has 0 N–H and O–H groups in total. The highest BCUT2D eigenvalue weighted by Crippen LogP contribution is 2.76. The van der Waals surface area contributed by atoms with Crippen molar-refractivity contribution in [3.63, 3.8) is 0 Å². The second kappa shape index (κ2) is 2.38. The van der Waals surface area contributed by atoms with E-state index in [4.69, 9.17) is 14.2 Å². The molecule has 2 saturated carbocycles. The third-order valence-electron chi connectivity index (χ3n) is 4.58. The van der Waals surface area contributed by atoms with E-state index in [2.05, 4.69) is 0 Å². The second-order valence-corrected chi connectivity index (χ2v) is 5.01. The molecular formula is C11H14O4. The molecule has 2 aliphatic carbocycles. The van der Waals surface area contributed by atoms with Gasteiger partial charge in [-0.2, -0.15) is 0 Å². The van der Waals surface area contributed by atoms with Crippen LogP contribution in [0.2, 0.25) is 0 Å². The molecule has 82 valence electrons. The van der Waals surface area contributed by atoms with Crippen molar-refractivity contribution in [3.05, 3.63) is 0 Å². The molecule has 3 saturated heterocycles. The summed E-state index contributed by atoms with van der Waals surface area (Å²) in [6.07, 6.45) is 0.276. The lowest BCUT2D eigenvalue weighted by molar-refractivity contribution is -0.159. The van der Waals surface area contributed by atoms with Crippen molar-refractivity contribution in [2.75, 3.05) is 19.8 Å². The molecule has 15 heavy (non-hydrogen) atoms. The Bertz CT molecular complexity index is 321. The minimum absolute atomic E-state index is 0.128. The van der Waals surface area contributed by atoms with Gasteiger partial charge in [0.2, 0.25) is 0 Å². The van der Waals surface area contributed by atoms with Gasteiger partial charge in [-0.1, -0.05) is 0 Å². The molecule has 0 aromatic carbocycles. The first-order chi connectivity index (χ1) is 7.30. The van der Waals surface area contributed by atoms with Crippen LogP contribution in [0.15, 0.2) is 0 Å². The van der Waals surface area contributed by atoms with Gasteiger partial charge < -0.3 is 14.2 Å². The molecule has 4 nitrogen and oxygen atoms in total. The summed E-state index contributed by atoms with van der Waals surface area (Å²) in [5.74, 6) is 1.58. The van der Waals surface area contributed by atoms with Crippen LogP contribution < -0.4 is 0 Å². The molecule has 3 heterocycles. The predicted molar refractivity (Wildman–Crippen MR) is 49.0 cm³/mol. The molecule has 3 aliphatic heterocycles. The van der Waals surface area contributed by atoms with Crippen molar-refractivity contribution in [2.24, 2.45) is 23.7 Å². The fourth-order valence-electron chi connectivity index (χ4n) is 4.17. The fourth-order valence-corrected chi connectivity index (χ4v) is 4.17. The van der Waals surface area contributed by atoms with Crippen LogP contribution in [0.4, 0.5) is 0 Å². The molecule has 4 heteroatoms. The van der Waals surface area contributed by atoms with E-state index < -0.39 is 5.60 Å². The topological polar surface area (TPSA) is 44.8 Å². The van der Waals surface area contributed by atoms with Gasteiger partial charge >= 0.3 is 5.97 Å². The van der Waals surface area contributed by atoms with E-state index in [1.807, 2.05) is 6.92 Å². The molecule has 0 aromatic heterocycles. The lowest BCUT2D eigenvalue weighted by atomic mass is 9.92. The smallest absolute Gasteiger partial charge is 0.339 e. The normalized spacial score (nSPS) is 58.1. The number of esters is 1. The van der Waals surface area contributed by atoms with Crippen molar-refractivity contribution in [1.29, 1.82) is 0 Å². The van der Waals surface area contributed by atoms with Crippen LogP contribution in [0, 0.1) is 23.7 Å². The zero-order valence-electron chi connectivity index (χ0n) is 8.64. The van der Waals surface area contributed by atoms with Crippen molar-refractivity contribution < 1.29 is 19.0 Å². The van der Waals surface area contributed by atoms with Crippen LogP contribution in [0.5, 0.6) is 0 Å². The van der Waals surface area contributed by atoms with E-state index in [-0.39, 0.29) is 12.1 Å². The largest absolute Gasteiger partial charge is 0.464 e. The zero-order valence-corrected chi connectivity index (χ0v) is 8.64. The third kappa shape index (κ3) is 0.712. The van der Waals surface area contributed by atoms with Crippen molar-refractivity contribution in [2.45, 2.75) is 18.6 Å². The van der Waals surface area contributed by atoms with Crippen LogP contribution in [0.1, 0.15) is 6.92 Å². The molecule has 6 bridgehead atoms. The van der Waals surface area contributed by atoms with Crippen LogP contribution in [-0.4, -0.2) is 37.5 Å². The summed E-state index contributed by atoms with van der Waals surface area (Å²) in [6, 6.07) is 0. The number of carbonyl (C=O) groups excluding carboxylic acids is 1. The third-order valence-corrected chi connectivity index (χ3v) is 4.58. The summed E-state index contributed by atoms with van der Waals surface area (Å²) < 4.78 is 16.6. The van der Waals surface area contributed by atoms with E-state index in [1.165, 1.54) is 0 Å². The molecule has 0 amide bonds. The first kappa shape index (κ1) is 8.53. The highest BCUT2D eigenvalue weighted by Gasteiger charge is 2.89. The standard InChI is InChI=1S/C11H14O4/c1-2-14-10(12)11-7-5-3-13-4-6(8(7)11)9(5)15-11/h5-9H,2-4H2,1H3. The number of carbonyl (C=O) groups is 1. The van der Waals surface area contributed by atoms with Gasteiger partial charge in [-0.15, -0.1) is 0 Å². The van der Waals surface area contributed by atoms with Crippen LogP contribution >= 0.6 is 0 Å². The van der Waals surface area contributed by atoms with Gasteiger partial charge in [-0.3, -0.25) is 0 Å². The summed E-state index contributed by atoms with van der Waals surface area (Å²) in [7, 11) is 0. The minimum atomic E-state index is -0.542. The Labute approximate surface area is 87.9 Å². The lowest BCUT2D eigenvalue weighted by Gasteiger charge is -2.24. The number of ether oxygens (including phenoxy) is 3. The molecule has 0 spiro atoms.